The number of rotatable bonds is 3. The Balaban J connectivity index is 2.18. The molecule has 0 aliphatic heterocycles. The molecule has 11 heavy (non-hydrogen) atoms. The Morgan fingerprint density at radius 3 is 2.64 bits per heavy atom. The highest BCUT2D eigenvalue weighted by molar-refractivity contribution is 4.95. The lowest BCUT2D eigenvalue weighted by atomic mass is 9.67. The maximum Gasteiger partial charge on any atom is 0.0137 e. The van der Waals surface area contributed by atoms with Gasteiger partial charge in [-0.15, -0.1) is 0 Å². The molecule has 1 rings (SSSR count). The lowest BCUT2D eigenvalue weighted by molar-refractivity contribution is 0.113. The normalized spacial score (nSPS) is 28.8. The average molecular weight is 153 g/mol. The number of nitrogens with one attached hydrogen (secondary N) is 1. The fraction of sp³-hybridized carbons (Fsp3) is 0.800. The van der Waals surface area contributed by atoms with Gasteiger partial charge in [0.15, 0.2) is 0 Å². The van der Waals surface area contributed by atoms with Crippen molar-refractivity contribution in [2.24, 2.45) is 5.41 Å². The van der Waals surface area contributed by atoms with Crippen LogP contribution in [0.3, 0.4) is 0 Å². The van der Waals surface area contributed by atoms with Gasteiger partial charge in [0, 0.05) is 12.6 Å². The van der Waals surface area contributed by atoms with E-state index in [1.54, 1.807) is 0 Å². The van der Waals surface area contributed by atoms with Crippen molar-refractivity contribution in [2.75, 3.05) is 6.54 Å². The van der Waals surface area contributed by atoms with E-state index in [0.29, 0.717) is 5.41 Å². The molecule has 1 aliphatic carbocycles. The second kappa shape index (κ2) is 3.40. The molecule has 1 heteroatoms. The molecule has 0 aromatic carbocycles. The second-order valence-corrected chi connectivity index (χ2v) is 4.06. The second-order valence-electron chi connectivity index (χ2n) is 4.06. The van der Waals surface area contributed by atoms with E-state index < -0.39 is 0 Å². The molecule has 1 fully saturated rings. The van der Waals surface area contributed by atoms with Gasteiger partial charge in [0.25, 0.3) is 0 Å². The average Bonchev–Trinajstić information content (AvgIpc) is 1.96. The molecule has 1 atom stereocenters. The molecule has 1 saturated carbocycles. The largest absolute Gasteiger partial charge is 0.310 e. The summed E-state index contributed by atoms with van der Waals surface area (Å²) in [4.78, 5) is 0. The van der Waals surface area contributed by atoms with Crippen LogP contribution in [0.15, 0.2) is 12.2 Å². The Kier molecular flexibility index (Phi) is 2.72. The molecular formula is C10H19N. The van der Waals surface area contributed by atoms with Crippen LogP contribution < -0.4 is 5.32 Å². The maximum absolute atomic E-state index is 3.52. The molecule has 64 valence electrons. The summed E-state index contributed by atoms with van der Waals surface area (Å²) >= 11 is 0. The van der Waals surface area contributed by atoms with Crippen LogP contribution >= 0.6 is 0 Å². The summed E-state index contributed by atoms with van der Waals surface area (Å²) in [7, 11) is 0. The molecule has 0 spiro atoms. The number of allylic oxidation sites excluding steroid dienone is 1. The Hall–Kier alpha value is -0.300. The summed E-state index contributed by atoms with van der Waals surface area (Å²) < 4.78 is 0. The van der Waals surface area contributed by atoms with Gasteiger partial charge in [0.2, 0.25) is 0 Å². The third-order valence-electron chi connectivity index (χ3n) is 2.74. The third-order valence-corrected chi connectivity index (χ3v) is 2.74. The Bertz CT molecular complexity index is 147. The van der Waals surface area contributed by atoms with Gasteiger partial charge in [-0.3, -0.25) is 0 Å². The Morgan fingerprint density at radius 2 is 2.27 bits per heavy atom. The lowest BCUT2D eigenvalue weighted by Gasteiger charge is -2.45. The molecule has 0 aromatic rings. The number of hydrogen-bond donors (Lipinski definition) is 1. The van der Waals surface area contributed by atoms with E-state index in [1.807, 2.05) is 0 Å². The number of hydrogen-bond acceptors (Lipinski definition) is 1. The van der Waals surface area contributed by atoms with Crippen LogP contribution in [0.5, 0.6) is 0 Å². The first-order valence-corrected chi connectivity index (χ1v) is 4.51. The smallest absolute Gasteiger partial charge is 0.0137 e. The van der Waals surface area contributed by atoms with Crippen LogP contribution in [0.1, 0.15) is 33.6 Å². The molecule has 1 aliphatic rings. The highest BCUT2D eigenvalue weighted by Gasteiger charge is 2.37. The molecule has 0 heterocycles. The zero-order valence-corrected chi connectivity index (χ0v) is 7.85. The molecule has 0 saturated heterocycles. The zero-order valence-electron chi connectivity index (χ0n) is 7.85. The van der Waals surface area contributed by atoms with Crippen molar-refractivity contribution in [3.63, 3.8) is 0 Å². The zero-order chi connectivity index (χ0) is 8.32. The van der Waals surface area contributed by atoms with E-state index in [4.69, 9.17) is 0 Å². The van der Waals surface area contributed by atoms with Gasteiger partial charge in [-0.25, -0.2) is 0 Å². The van der Waals surface area contributed by atoms with Crippen LogP contribution in [0, 0.1) is 5.41 Å². The van der Waals surface area contributed by atoms with Crippen molar-refractivity contribution in [2.45, 2.75) is 39.7 Å². The maximum atomic E-state index is 3.52. The van der Waals surface area contributed by atoms with E-state index in [9.17, 15) is 0 Å². The van der Waals surface area contributed by atoms with Gasteiger partial charge in [0.1, 0.15) is 0 Å². The summed E-state index contributed by atoms with van der Waals surface area (Å²) in [5, 5.41) is 3.52. The first-order valence-electron chi connectivity index (χ1n) is 4.51. The summed E-state index contributed by atoms with van der Waals surface area (Å²) in [6, 6.07) is 0.749. The van der Waals surface area contributed by atoms with E-state index >= 15 is 0 Å². The van der Waals surface area contributed by atoms with Gasteiger partial charge in [-0.1, -0.05) is 26.0 Å². The van der Waals surface area contributed by atoms with E-state index in [1.165, 1.54) is 12.8 Å². The fourth-order valence-corrected chi connectivity index (χ4v) is 1.57. The first kappa shape index (κ1) is 8.79. The van der Waals surface area contributed by atoms with Crippen molar-refractivity contribution >= 4 is 0 Å². The summed E-state index contributed by atoms with van der Waals surface area (Å²) in [6.45, 7) is 7.77. The molecule has 1 nitrogen and oxygen atoms in total. The minimum Gasteiger partial charge on any atom is -0.310 e. The monoisotopic (exact) mass is 153 g/mol. The molecule has 0 amide bonds. The quantitative estimate of drug-likeness (QED) is 0.614. The molecule has 0 aromatic heterocycles. The van der Waals surface area contributed by atoms with Crippen LogP contribution in [0.4, 0.5) is 0 Å². The molecule has 0 bridgehead atoms. The van der Waals surface area contributed by atoms with Gasteiger partial charge in [-0.05, 0) is 25.2 Å². The molecule has 1 N–H and O–H groups in total. The third kappa shape index (κ3) is 2.06. The predicted molar refractivity (Wildman–Crippen MR) is 49.6 cm³/mol. The van der Waals surface area contributed by atoms with Gasteiger partial charge < -0.3 is 5.32 Å². The Labute approximate surface area is 69.9 Å². The van der Waals surface area contributed by atoms with Gasteiger partial charge >= 0.3 is 0 Å². The summed E-state index contributed by atoms with van der Waals surface area (Å²) in [5.74, 6) is 0. The van der Waals surface area contributed by atoms with Gasteiger partial charge in [-0.2, -0.15) is 0 Å². The first-order chi connectivity index (χ1) is 5.17. The van der Waals surface area contributed by atoms with Crippen molar-refractivity contribution in [1.82, 2.24) is 5.32 Å². The minimum absolute atomic E-state index is 0.543. The summed E-state index contributed by atoms with van der Waals surface area (Å²) in [5.41, 5.74) is 0.543. The SMILES string of the molecule is C/C=C/CNC1CCC1(C)C. The van der Waals surface area contributed by atoms with Crippen molar-refractivity contribution in [3.8, 4) is 0 Å². The molecule has 1 unspecified atom stereocenters. The highest BCUT2D eigenvalue weighted by Crippen LogP contribution is 2.39. The Morgan fingerprint density at radius 1 is 1.55 bits per heavy atom. The topological polar surface area (TPSA) is 12.0 Å². The minimum atomic E-state index is 0.543. The summed E-state index contributed by atoms with van der Waals surface area (Å²) in [6.07, 6.45) is 7.00. The van der Waals surface area contributed by atoms with E-state index in [0.717, 1.165) is 12.6 Å². The van der Waals surface area contributed by atoms with Crippen LogP contribution in [0.25, 0.3) is 0 Å². The van der Waals surface area contributed by atoms with Crippen molar-refractivity contribution < 1.29 is 0 Å². The van der Waals surface area contributed by atoms with Gasteiger partial charge in [0.05, 0.1) is 0 Å². The lowest BCUT2D eigenvalue weighted by Crippen LogP contribution is -2.49. The van der Waals surface area contributed by atoms with Crippen LogP contribution in [-0.4, -0.2) is 12.6 Å². The van der Waals surface area contributed by atoms with Crippen molar-refractivity contribution in [3.05, 3.63) is 12.2 Å². The van der Waals surface area contributed by atoms with Crippen LogP contribution in [0.2, 0.25) is 0 Å². The standard InChI is InChI=1S/C10H19N/c1-4-5-8-11-9-6-7-10(9,2)3/h4-5,9,11H,6-8H2,1-3H3/b5-4+. The van der Waals surface area contributed by atoms with E-state index in [2.05, 4.69) is 38.2 Å². The fourth-order valence-electron chi connectivity index (χ4n) is 1.57. The van der Waals surface area contributed by atoms with Crippen molar-refractivity contribution in [1.29, 1.82) is 0 Å². The van der Waals surface area contributed by atoms with E-state index in [-0.39, 0.29) is 0 Å². The predicted octanol–water partition coefficient (Wildman–Crippen LogP) is 2.34. The highest BCUT2D eigenvalue weighted by atomic mass is 14.9. The van der Waals surface area contributed by atoms with Crippen LogP contribution in [-0.2, 0) is 0 Å². The molecular weight excluding hydrogens is 134 g/mol. The molecule has 0 radical (unpaired) electrons.